The van der Waals surface area contributed by atoms with Crippen molar-refractivity contribution in [2.45, 2.75) is 38.5 Å². The maximum Gasteiger partial charge on any atom is 0.243 e. The van der Waals surface area contributed by atoms with E-state index in [4.69, 9.17) is 0 Å². The summed E-state index contributed by atoms with van der Waals surface area (Å²) in [5.74, 6) is -0.474. The van der Waals surface area contributed by atoms with E-state index in [1.54, 1.807) is 0 Å². The van der Waals surface area contributed by atoms with Crippen molar-refractivity contribution in [2.24, 2.45) is 5.92 Å². The summed E-state index contributed by atoms with van der Waals surface area (Å²) in [6.07, 6.45) is 1.37. The van der Waals surface area contributed by atoms with Crippen molar-refractivity contribution >= 4 is 21.6 Å². The molecule has 0 unspecified atom stereocenters. The molecule has 0 bridgehead atoms. The highest BCUT2D eigenvalue weighted by Crippen LogP contribution is 2.29. The van der Waals surface area contributed by atoms with E-state index in [0.29, 0.717) is 24.3 Å². The first-order valence-corrected chi connectivity index (χ1v) is 10.7. The van der Waals surface area contributed by atoms with Gasteiger partial charge < -0.3 is 5.32 Å². The summed E-state index contributed by atoms with van der Waals surface area (Å²) < 4.78 is 28.0. The van der Waals surface area contributed by atoms with Crippen LogP contribution in [0.3, 0.4) is 0 Å². The number of para-hydroxylation sites is 1. The first-order valence-electron chi connectivity index (χ1n) is 9.23. The predicted molar refractivity (Wildman–Crippen MR) is 107 cm³/mol. The summed E-state index contributed by atoms with van der Waals surface area (Å²) in [5.41, 5.74) is 3.28. The summed E-state index contributed by atoms with van der Waals surface area (Å²) in [6.45, 7) is 6.28. The van der Waals surface area contributed by atoms with Crippen molar-refractivity contribution in [1.29, 1.82) is 0 Å². The molecule has 1 aliphatic rings. The fraction of sp³-hybridized carbons (Fsp3) is 0.381. The van der Waals surface area contributed by atoms with Crippen LogP contribution < -0.4 is 5.32 Å². The second kappa shape index (κ2) is 7.82. The molecule has 1 atom stereocenters. The smallest absolute Gasteiger partial charge is 0.243 e. The summed E-state index contributed by atoms with van der Waals surface area (Å²) in [6, 6.07) is 13.0. The van der Waals surface area contributed by atoms with E-state index in [9.17, 15) is 13.2 Å². The minimum Gasteiger partial charge on any atom is -0.326 e. The zero-order valence-corrected chi connectivity index (χ0v) is 16.8. The van der Waals surface area contributed by atoms with Crippen molar-refractivity contribution in [2.75, 3.05) is 18.4 Å². The second-order valence-corrected chi connectivity index (χ2v) is 9.16. The molecule has 1 saturated heterocycles. The maximum atomic E-state index is 13.3. The van der Waals surface area contributed by atoms with Crippen LogP contribution in [-0.4, -0.2) is 31.7 Å². The van der Waals surface area contributed by atoms with Crippen LogP contribution >= 0.6 is 0 Å². The Labute approximate surface area is 161 Å². The molecule has 1 aliphatic heterocycles. The van der Waals surface area contributed by atoms with Crippen LogP contribution in [0, 0.1) is 26.7 Å². The zero-order chi connectivity index (χ0) is 19.6. The molecule has 0 aromatic heterocycles. The number of hydrogen-bond acceptors (Lipinski definition) is 3. The number of benzene rings is 2. The van der Waals surface area contributed by atoms with Gasteiger partial charge in [0.1, 0.15) is 0 Å². The molecule has 1 amide bonds. The van der Waals surface area contributed by atoms with Crippen molar-refractivity contribution < 1.29 is 13.2 Å². The summed E-state index contributed by atoms with van der Waals surface area (Å²) in [5, 5.41) is 2.89. The van der Waals surface area contributed by atoms with E-state index in [1.165, 1.54) is 4.31 Å². The number of nitrogens with zero attached hydrogens (tertiary/aromatic N) is 1. The Morgan fingerprint density at radius 2 is 1.70 bits per heavy atom. The van der Waals surface area contributed by atoms with E-state index in [0.717, 1.165) is 22.4 Å². The number of piperidine rings is 1. The highest BCUT2D eigenvalue weighted by Gasteiger charge is 2.34. The SMILES string of the molecule is Cc1cc(C)c(S(=O)(=O)N2CCC[C@H](C(=O)Nc3ccccc3)C2)c(C)c1. The third kappa shape index (κ3) is 4.22. The molecular weight excluding hydrogens is 360 g/mol. The second-order valence-electron chi connectivity index (χ2n) is 7.29. The fourth-order valence-corrected chi connectivity index (χ4v) is 5.78. The van der Waals surface area contributed by atoms with E-state index in [-0.39, 0.29) is 18.4 Å². The number of anilines is 1. The number of aryl methyl sites for hydroxylation is 3. The minimum absolute atomic E-state index is 0.126. The normalized spacial score (nSPS) is 18.3. The Balaban J connectivity index is 1.80. The van der Waals surface area contributed by atoms with Crippen LogP contribution in [-0.2, 0) is 14.8 Å². The van der Waals surface area contributed by atoms with Crippen LogP contribution in [0.4, 0.5) is 5.69 Å². The zero-order valence-electron chi connectivity index (χ0n) is 16.0. The van der Waals surface area contributed by atoms with Gasteiger partial charge in [-0.25, -0.2) is 8.42 Å². The number of rotatable bonds is 4. The number of sulfonamides is 1. The lowest BCUT2D eigenvalue weighted by atomic mass is 9.99. The van der Waals surface area contributed by atoms with Gasteiger partial charge in [0.15, 0.2) is 0 Å². The highest BCUT2D eigenvalue weighted by molar-refractivity contribution is 7.89. The first-order chi connectivity index (χ1) is 12.8. The van der Waals surface area contributed by atoms with Gasteiger partial charge in [0.2, 0.25) is 15.9 Å². The minimum atomic E-state index is -3.63. The average Bonchev–Trinajstić information content (AvgIpc) is 2.61. The van der Waals surface area contributed by atoms with Crippen molar-refractivity contribution in [1.82, 2.24) is 4.31 Å². The van der Waals surface area contributed by atoms with Crippen LogP contribution in [0.15, 0.2) is 47.4 Å². The number of amides is 1. The van der Waals surface area contributed by atoms with Gasteiger partial charge in [0.25, 0.3) is 0 Å². The fourth-order valence-electron chi connectivity index (χ4n) is 3.84. The van der Waals surface area contributed by atoms with E-state index in [2.05, 4.69) is 5.32 Å². The Hall–Kier alpha value is -2.18. The van der Waals surface area contributed by atoms with Gasteiger partial charge in [-0.2, -0.15) is 4.31 Å². The third-order valence-electron chi connectivity index (χ3n) is 5.00. The number of nitrogens with one attached hydrogen (secondary N) is 1. The van der Waals surface area contributed by atoms with Gasteiger partial charge in [0.05, 0.1) is 10.8 Å². The lowest BCUT2D eigenvalue weighted by Crippen LogP contribution is -2.44. The van der Waals surface area contributed by atoms with Gasteiger partial charge in [-0.05, 0) is 56.9 Å². The molecule has 3 rings (SSSR count). The molecule has 2 aromatic carbocycles. The quantitative estimate of drug-likeness (QED) is 0.872. The maximum absolute atomic E-state index is 13.3. The van der Waals surface area contributed by atoms with Crippen molar-refractivity contribution in [3.05, 3.63) is 59.2 Å². The molecule has 0 aliphatic carbocycles. The molecule has 1 fully saturated rings. The molecule has 1 heterocycles. The Morgan fingerprint density at radius 1 is 1.07 bits per heavy atom. The van der Waals surface area contributed by atoms with Gasteiger partial charge >= 0.3 is 0 Å². The van der Waals surface area contributed by atoms with Crippen molar-refractivity contribution in [3.63, 3.8) is 0 Å². The van der Waals surface area contributed by atoms with Gasteiger partial charge in [-0.3, -0.25) is 4.79 Å². The Morgan fingerprint density at radius 3 is 2.33 bits per heavy atom. The highest BCUT2D eigenvalue weighted by atomic mass is 32.2. The molecule has 0 spiro atoms. The number of hydrogen-bond donors (Lipinski definition) is 1. The lowest BCUT2D eigenvalue weighted by Gasteiger charge is -2.32. The summed E-state index contributed by atoms with van der Waals surface area (Å²) in [7, 11) is -3.63. The van der Waals surface area contributed by atoms with E-state index in [1.807, 2.05) is 63.2 Å². The molecule has 2 aromatic rings. The summed E-state index contributed by atoms with van der Waals surface area (Å²) >= 11 is 0. The van der Waals surface area contributed by atoms with Crippen LogP contribution in [0.25, 0.3) is 0 Å². The van der Waals surface area contributed by atoms with E-state index >= 15 is 0 Å². The Bertz CT molecular complexity index is 916. The summed E-state index contributed by atoms with van der Waals surface area (Å²) in [4.78, 5) is 13.0. The van der Waals surface area contributed by atoms with Crippen molar-refractivity contribution in [3.8, 4) is 0 Å². The van der Waals surface area contributed by atoms with Gasteiger partial charge in [-0.1, -0.05) is 35.9 Å². The first kappa shape index (κ1) is 19.6. The average molecular weight is 387 g/mol. The molecule has 0 radical (unpaired) electrons. The molecule has 5 nitrogen and oxygen atoms in total. The Kier molecular flexibility index (Phi) is 5.67. The molecule has 144 valence electrons. The monoisotopic (exact) mass is 386 g/mol. The van der Waals surface area contributed by atoms with E-state index < -0.39 is 10.0 Å². The number of carbonyl (C=O) groups excluding carboxylic acids is 1. The topological polar surface area (TPSA) is 66.5 Å². The number of carbonyl (C=O) groups is 1. The largest absolute Gasteiger partial charge is 0.326 e. The van der Waals surface area contributed by atoms with Crippen LogP contribution in [0.5, 0.6) is 0 Å². The lowest BCUT2D eigenvalue weighted by molar-refractivity contribution is -0.120. The molecule has 1 N–H and O–H groups in total. The van der Waals surface area contributed by atoms with Crippen LogP contribution in [0.2, 0.25) is 0 Å². The molecular formula is C21H26N2O3S. The van der Waals surface area contributed by atoms with Crippen LogP contribution in [0.1, 0.15) is 29.5 Å². The predicted octanol–water partition coefficient (Wildman–Crippen LogP) is 3.65. The van der Waals surface area contributed by atoms with Gasteiger partial charge in [-0.15, -0.1) is 0 Å². The third-order valence-corrected chi connectivity index (χ3v) is 7.17. The molecule has 6 heteroatoms. The van der Waals surface area contributed by atoms with Gasteiger partial charge in [0, 0.05) is 18.8 Å². The molecule has 0 saturated carbocycles. The molecule has 27 heavy (non-hydrogen) atoms. The standard InChI is InChI=1S/C21H26N2O3S/c1-15-12-16(2)20(17(3)13-15)27(25,26)23-11-7-8-18(14-23)21(24)22-19-9-5-4-6-10-19/h4-6,9-10,12-13,18H,7-8,11,14H2,1-3H3,(H,22,24)/t18-/m0/s1.